The highest BCUT2D eigenvalue weighted by molar-refractivity contribution is 7.20. The maximum Gasteiger partial charge on any atom is 0.258 e. The molecule has 0 unspecified atom stereocenters. The molecule has 1 amide bonds. The first kappa shape index (κ1) is 12.2. The van der Waals surface area contributed by atoms with E-state index in [2.05, 4.69) is 10.3 Å². The maximum atomic E-state index is 11.9. The summed E-state index contributed by atoms with van der Waals surface area (Å²) in [7, 11) is 0. The molecule has 2 rings (SSSR count). The summed E-state index contributed by atoms with van der Waals surface area (Å²) in [6.45, 7) is 0. The summed E-state index contributed by atoms with van der Waals surface area (Å²) in [6.07, 6.45) is 2.99. The van der Waals surface area contributed by atoms with Crippen molar-refractivity contribution in [1.29, 1.82) is 0 Å². The monoisotopic (exact) mass is 287 g/mol. The van der Waals surface area contributed by atoms with Crippen molar-refractivity contribution in [1.82, 2.24) is 4.98 Å². The van der Waals surface area contributed by atoms with Crippen LogP contribution in [-0.2, 0) is 0 Å². The van der Waals surface area contributed by atoms with E-state index in [9.17, 15) is 4.79 Å². The van der Waals surface area contributed by atoms with Gasteiger partial charge in [-0.3, -0.25) is 9.78 Å². The van der Waals surface area contributed by atoms with Crippen LogP contribution >= 0.6 is 34.5 Å². The molecule has 88 valence electrons. The Hall–Kier alpha value is -1.30. The van der Waals surface area contributed by atoms with Gasteiger partial charge in [-0.25, -0.2) is 0 Å². The van der Waals surface area contributed by atoms with Gasteiger partial charge in [-0.05, 0) is 12.1 Å². The number of nitrogen functional groups attached to an aromatic ring is 1. The van der Waals surface area contributed by atoms with Crippen LogP contribution in [0.3, 0.4) is 0 Å². The molecule has 2 heterocycles. The molecule has 0 aliphatic rings. The van der Waals surface area contributed by atoms with Crippen LogP contribution in [0.4, 0.5) is 11.4 Å². The number of anilines is 2. The fourth-order valence-electron chi connectivity index (χ4n) is 1.21. The molecule has 4 nitrogen and oxygen atoms in total. The van der Waals surface area contributed by atoms with E-state index in [1.54, 1.807) is 6.07 Å². The third-order valence-corrected chi connectivity index (χ3v) is 3.49. The van der Waals surface area contributed by atoms with Crippen molar-refractivity contribution in [2.75, 3.05) is 11.1 Å². The number of carbonyl (C=O) groups excluding carboxylic acids is 1. The van der Waals surface area contributed by atoms with E-state index >= 15 is 0 Å². The summed E-state index contributed by atoms with van der Waals surface area (Å²) in [6, 6.07) is 3.12. The van der Waals surface area contributed by atoms with Crippen LogP contribution in [-0.4, -0.2) is 10.9 Å². The van der Waals surface area contributed by atoms with Crippen molar-refractivity contribution in [3.8, 4) is 0 Å². The minimum Gasteiger partial charge on any atom is -0.396 e. The summed E-state index contributed by atoms with van der Waals surface area (Å²) >= 11 is 12.8. The molecule has 0 saturated carbocycles. The molecule has 7 heteroatoms. The van der Waals surface area contributed by atoms with E-state index < -0.39 is 0 Å². The molecule has 0 saturated heterocycles. The number of amides is 1. The SMILES string of the molecule is Nc1cnccc1NC(=O)c1cc(Cl)sc1Cl. The second-order valence-electron chi connectivity index (χ2n) is 3.15. The molecule has 2 aromatic rings. The third-order valence-electron chi connectivity index (χ3n) is 2.00. The fourth-order valence-corrected chi connectivity index (χ4v) is 2.66. The Morgan fingerprint density at radius 2 is 2.24 bits per heavy atom. The summed E-state index contributed by atoms with van der Waals surface area (Å²) in [5.41, 5.74) is 6.86. The Balaban J connectivity index is 2.23. The molecule has 0 fully saturated rings. The zero-order valence-corrected chi connectivity index (χ0v) is 10.7. The lowest BCUT2D eigenvalue weighted by molar-refractivity contribution is 0.102. The second-order valence-corrected chi connectivity index (χ2v) is 5.44. The molecule has 0 bridgehead atoms. The lowest BCUT2D eigenvalue weighted by Gasteiger charge is -2.06. The van der Waals surface area contributed by atoms with Gasteiger partial charge in [0.05, 0.1) is 27.5 Å². The van der Waals surface area contributed by atoms with E-state index in [1.807, 2.05) is 0 Å². The van der Waals surface area contributed by atoms with Gasteiger partial charge in [0.2, 0.25) is 0 Å². The lowest BCUT2D eigenvalue weighted by Crippen LogP contribution is -2.12. The number of pyridine rings is 1. The third kappa shape index (κ3) is 2.69. The van der Waals surface area contributed by atoms with Crippen LogP contribution in [0.2, 0.25) is 8.67 Å². The van der Waals surface area contributed by atoms with Gasteiger partial charge in [0.1, 0.15) is 4.34 Å². The van der Waals surface area contributed by atoms with E-state index in [0.717, 1.165) is 11.3 Å². The topological polar surface area (TPSA) is 68.0 Å². The van der Waals surface area contributed by atoms with Gasteiger partial charge in [-0.1, -0.05) is 23.2 Å². The molecule has 3 N–H and O–H groups in total. The smallest absolute Gasteiger partial charge is 0.258 e. The lowest BCUT2D eigenvalue weighted by atomic mass is 10.3. The van der Waals surface area contributed by atoms with E-state index in [4.69, 9.17) is 28.9 Å². The molecule has 0 aliphatic heterocycles. The standard InChI is InChI=1S/C10H7Cl2N3OS/c11-8-3-5(9(12)17-8)10(16)15-7-1-2-14-4-6(7)13/h1-4H,13H2,(H,14,15,16). The highest BCUT2D eigenvalue weighted by atomic mass is 35.5. The van der Waals surface area contributed by atoms with E-state index in [0.29, 0.717) is 25.6 Å². The highest BCUT2D eigenvalue weighted by Crippen LogP contribution is 2.31. The molecule has 0 spiro atoms. The molecule has 0 aromatic carbocycles. The maximum absolute atomic E-state index is 11.9. The van der Waals surface area contributed by atoms with Crippen LogP contribution in [0.25, 0.3) is 0 Å². The van der Waals surface area contributed by atoms with Crippen molar-refractivity contribution in [3.63, 3.8) is 0 Å². The fraction of sp³-hybridized carbons (Fsp3) is 0. The first-order chi connectivity index (χ1) is 8.08. The Bertz CT molecular complexity index is 570. The molecule has 0 aliphatic carbocycles. The van der Waals surface area contributed by atoms with Crippen molar-refractivity contribution >= 4 is 51.8 Å². The van der Waals surface area contributed by atoms with Gasteiger partial charge >= 0.3 is 0 Å². The second kappa shape index (κ2) is 4.91. The molecular weight excluding hydrogens is 281 g/mol. The number of halogens is 2. The van der Waals surface area contributed by atoms with E-state index in [1.165, 1.54) is 18.5 Å². The first-order valence-corrected chi connectivity index (χ1v) is 6.11. The van der Waals surface area contributed by atoms with Crippen LogP contribution in [0.5, 0.6) is 0 Å². The number of thiophene rings is 1. The largest absolute Gasteiger partial charge is 0.396 e. The van der Waals surface area contributed by atoms with Crippen LogP contribution in [0, 0.1) is 0 Å². The van der Waals surface area contributed by atoms with Gasteiger partial charge in [-0.15, -0.1) is 11.3 Å². The van der Waals surface area contributed by atoms with Crippen LogP contribution in [0.15, 0.2) is 24.5 Å². The number of carbonyl (C=O) groups is 1. The predicted molar refractivity (Wildman–Crippen MR) is 70.9 cm³/mol. The Morgan fingerprint density at radius 3 is 2.82 bits per heavy atom. The Labute approximate surface area is 111 Å². The van der Waals surface area contributed by atoms with Crippen molar-refractivity contribution in [2.24, 2.45) is 0 Å². The van der Waals surface area contributed by atoms with Crippen molar-refractivity contribution in [2.45, 2.75) is 0 Å². The van der Waals surface area contributed by atoms with Crippen molar-refractivity contribution in [3.05, 3.63) is 38.8 Å². The summed E-state index contributed by atoms with van der Waals surface area (Å²) in [4.78, 5) is 15.7. The minimum atomic E-state index is -0.351. The predicted octanol–water partition coefficient (Wildman–Crippen LogP) is 3.28. The number of nitrogens with one attached hydrogen (secondary N) is 1. The number of hydrogen-bond donors (Lipinski definition) is 2. The van der Waals surface area contributed by atoms with Crippen molar-refractivity contribution < 1.29 is 4.79 Å². The molecular formula is C10H7Cl2N3OS. The van der Waals surface area contributed by atoms with Gasteiger partial charge in [0.25, 0.3) is 5.91 Å². The van der Waals surface area contributed by atoms with Gasteiger partial charge in [0.15, 0.2) is 0 Å². The number of rotatable bonds is 2. The zero-order chi connectivity index (χ0) is 12.4. The Kier molecular flexibility index (Phi) is 3.51. The number of aromatic nitrogens is 1. The quantitative estimate of drug-likeness (QED) is 0.891. The average Bonchev–Trinajstić information content (AvgIpc) is 2.61. The first-order valence-electron chi connectivity index (χ1n) is 4.53. The highest BCUT2D eigenvalue weighted by Gasteiger charge is 2.15. The molecule has 0 radical (unpaired) electrons. The summed E-state index contributed by atoms with van der Waals surface area (Å²) in [5, 5.41) is 2.64. The Morgan fingerprint density at radius 1 is 1.47 bits per heavy atom. The minimum absolute atomic E-state index is 0.331. The average molecular weight is 288 g/mol. The normalized spacial score (nSPS) is 10.2. The molecule has 17 heavy (non-hydrogen) atoms. The van der Waals surface area contributed by atoms with Crippen LogP contribution in [0.1, 0.15) is 10.4 Å². The van der Waals surface area contributed by atoms with Gasteiger partial charge in [-0.2, -0.15) is 0 Å². The molecule has 0 atom stereocenters. The number of nitrogens with two attached hydrogens (primary N) is 1. The zero-order valence-electron chi connectivity index (χ0n) is 8.41. The van der Waals surface area contributed by atoms with Gasteiger partial charge < -0.3 is 11.1 Å². The number of nitrogens with zero attached hydrogens (tertiary/aromatic N) is 1. The van der Waals surface area contributed by atoms with E-state index in [-0.39, 0.29) is 5.91 Å². The van der Waals surface area contributed by atoms with Gasteiger partial charge in [0, 0.05) is 6.20 Å². The summed E-state index contributed by atoms with van der Waals surface area (Å²) in [5.74, 6) is -0.351. The van der Waals surface area contributed by atoms with Crippen LogP contribution < -0.4 is 11.1 Å². The number of hydrogen-bond acceptors (Lipinski definition) is 4. The summed E-state index contributed by atoms with van der Waals surface area (Å²) < 4.78 is 0.808. The molecule has 2 aromatic heterocycles.